The topological polar surface area (TPSA) is 89.3 Å². The van der Waals surface area contributed by atoms with Crippen LogP contribution in [0.25, 0.3) is 10.2 Å². The van der Waals surface area contributed by atoms with E-state index in [-0.39, 0.29) is 12.5 Å². The molecule has 0 saturated carbocycles. The summed E-state index contributed by atoms with van der Waals surface area (Å²) in [7, 11) is 0. The fourth-order valence-corrected chi connectivity index (χ4v) is 3.82. The van der Waals surface area contributed by atoms with E-state index in [1.54, 1.807) is 18.2 Å². The summed E-state index contributed by atoms with van der Waals surface area (Å²) in [6, 6.07) is 7.21. The van der Waals surface area contributed by atoms with Gasteiger partial charge in [-0.05, 0) is 61.7 Å². The predicted octanol–water partition coefficient (Wildman–Crippen LogP) is 4.18. The molecule has 6 nitrogen and oxygen atoms in total. The van der Waals surface area contributed by atoms with Crippen LogP contribution in [0.3, 0.4) is 0 Å². The molecule has 0 aliphatic heterocycles. The zero-order valence-electron chi connectivity index (χ0n) is 14.6. The largest absolute Gasteiger partial charge is 0.483 e. The Labute approximate surface area is 160 Å². The molecule has 8 heteroatoms. The number of nitrogens with zero attached hydrogens (tertiary/aromatic N) is 1. The Morgan fingerprint density at radius 2 is 2.04 bits per heavy atom. The highest BCUT2D eigenvalue weighted by atomic mass is 35.5. The van der Waals surface area contributed by atoms with Gasteiger partial charge in [0.05, 0.1) is 10.2 Å². The molecular formula is C18H19ClN4O2S. The highest BCUT2D eigenvalue weighted by Gasteiger charge is 2.15. The lowest BCUT2D eigenvalue weighted by atomic mass is 10.1. The van der Waals surface area contributed by atoms with E-state index in [1.807, 2.05) is 26.8 Å². The van der Waals surface area contributed by atoms with Gasteiger partial charge in [-0.2, -0.15) is 0 Å². The van der Waals surface area contributed by atoms with Crippen molar-refractivity contribution < 1.29 is 9.53 Å². The number of nitrogen functional groups attached to an aromatic ring is 1. The number of carbonyl (C=O) groups is 1. The number of ether oxygens (including phenoxy) is 1. The number of hydrazine groups is 1. The Morgan fingerprint density at radius 1 is 1.27 bits per heavy atom. The molecule has 3 rings (SSSR count). The summed E-state index contributed by atoms with van der Waals surface area (Å²) in [5.41, 5.74) is 6.95. The molecule has 136 valence electrons. The summed E-state index contributed by atoms with van der Waals surface area (Å²) in [6.45, 7) is 5.68. The number of hydrogen-bond acceptors (Lipinski definition) is 6. The SMILES string of the molecule is Cc1cc(Cl)ccc1OCC(=O)Nc1c(C)cc2nc(NN)sc2c1C. The Hall–Kier alpha value is -2.35. The number of fused-ring (bicyclic) bond motifs is 1. The van der Waals surface area contributed by atoms with Gasteiger partial charge >= 0.3 is 0 Å². The van der Waals surface area contributed by atoms with Crippen LogP contribution in [0.1, 0.15) is 16.7 Å². The average Bonchev–Trinajstić information content (AvgIpc) is 3.01. The molecule has 0 unspecified atom stereocenters. The van der Waals surface area contributed by atoms with Crippen LogP contribution in [0.5, 0.6) is 5.75 Å². The predicted molar refractivity (Wildman–Crippen MR) is 107 cm³/mol. The fourth-order valence-electron chi connectivity index (χ4n) is 2.73. The van der Waals surface area contributed by atoms with Gasteiger partial charge in [0.25, 0.3) is 5.91 Å². The average molecular weight is 391 g/mol. The van der Waals surface area contributed by atoms with Crippen molar-refractivity contribution in [3.8, 4) is 5.75 Å². The first-order valence-corrected chi connectivity index (χ1v) is 9.14. The molecule has 0 bridgehead atoms. The smallest absolute Gasteiger partial charge is 0.262 e. The highest BCUT2D eigenvalue weighted by Crippen LogP contribution is 2.34. The number of aromatic nitrogens is 1. The van der Waals surface area contributed by atoms with Crippen molar-refractivity contribution in [1.82, 2.24) is 4.98 Å². The van der Waals surface area contributed by atoms with Crippen molar-refractivity contribution >= 4 is 49.9 Å². The second-order valence-corrected chi connectivity index (χ2v) is 7.39. The second-order valence-electron chi connectivity index (χ2n) is 5.95. The summed E-state index contributed by atoms with van der Waals surface area (Å²) < 4.78 is 6.59. The molecule has 2 aromatic carbocycles. The number of carbonyl (C=O) groups excluding carboxylic acids is 1. The third kappa shape index (κ3) is 3.75. The maximum Gasteiger partial charge on any atom is 0.262 e. The molecular weight excluding hydrogens is 372 g/mol. The number of thiazole rings is 1. The molecule has 4 N–H and O–H groups in total. The number of benzene rings is 2. The van der Waals surface area contributed by atoms with Crippen molar-refractivity contribution in [2.45, 2.75) is 20.8 Å². The Bertz CT molecular complexity index is 987. The molecule has 26 heavy (non-hydrogen) atoms. The molecule has 0 spiro atoms. The first-order chi connectivity index (χ1) is 12.4. The van der Waals surface area contributed by atoms with Crippen LogP contribution in [-0.2, 0) is 4.79 Å². The minimum Gasteiger partial charge on any atom is -0.483 e. The third-order valence-electron chi connectivity index (χ3n) is 4.00. The van der Waals surface area contributed by atoms with Gasteiger partial charge in [-0.15, -0.1) is 0 Å². The van der Waals surface area contributed by atoms with E-state index in [2.05, 4.69) is 15.7 Å². The molecule has 3 aromatic rings. The maximum absolute atomic E-state index is 12.4. The van der Waals surface area contributed by atoms with Crippen LogP contribution >= 0.6 is 22.9 Å². The molecule has 1 aromatic heterocycles. The fraction of sp³-hybridized carbons (Fsp3) is 0.222. The van der Waals surface area contributed by atoms with Gasteiger partial charge in [0, 0.05) is 10.7 Å². The van der Waals surface area contributed by atoms with E-state index in [9.17, 15) is 4.79 Å². The Kier molecular flexibility index (Phi) is 5.31. The standard InChI is InChI=1S/C18H19ClN4O2S/c1-9-6-12(19)4-5-14(9)25-8-15(24)22-16-10(2)7-13-17(11(16)3)26-18(21-13)23-20/h4-7H,8,20H2,1-3H3,(H,21,23)(H,22,24). The lowest BCUT2D eigenvalue weighted by Gasteiger charge is -2.13. The van der Waals surface area contributed by atoms with E-state index in [4.69, 9.17) is 22.2 Å². The van der Waals surface area contributed by atoms with Gasteiger partial charge in [0.15, 0.2) is 11.7 Å². The summed E-state index contributed by atoms with van der Waals surface area (Å²) in [6.07, 6.45) is 0. The van der Waals surface area contributed by atoms with Crippen LogP contribution in [-0.4, -0.2) is 17.5 Å². The quantitative estimate of drug-likeness (QED) is 0.449. The molecule has 0 aliphatic carbocycles. The van der Waals surface area contributed by atoms with Crippen molar-refractivity contribution in [2.75, 3.05) is 17.3 Å². The summed E-state index contributed by atoms with van der Waals surface area (Å²) >= 11 is 7.38. The van der Waals surface area contributed by atoms with Crippen LogP contribution < -0.4 is 21.3 Å². The van der Waals surface area contributed by atoms with E-state index in [0.29, 0.717) is 15.9 Å². The summed E-state index contributed by atoms with van der Waals surface area (Å²) in [5, 5.41) is 4.20. The minimum atomic E-state index is -0.230. The van der Waals surface area contributed by atoms with Crippen LogP contribution in [0.15, 0.2) is 24.3 Å². The number of amides is 1. The third-order valence-corrected chi connectivity index (χ3v) is 5.36. The van der Waals surface area contributed by atoms with Gasteiger partial charge in [0.2, 0.25) is 0 Å². The van der Waals surface area contributed by atoms with Gasteiger partial charge in [0.1, 0.15) is 5.75 Å². The van der Waals surface area contributed by atoms with Crippen molar-refractivity contribution in [3.63, 3.8) is 0 Å². The summed E-state index contributed by atoms with van der Waals surface area (Å²) in [4.78, 5) is 16.8. The number of nitrogens with one attached hydrogen (secondary N) is 2. The first kappa shape index (κ1) is 18.4. The number of nitrogens with two attached hydrogens (primary N) is 1. The zero-order chi connectivity index (χ0) is 18.8. The molecule has 1 amide bonds. The Morgan fingerprint density at radius 3 is 2.73 bits per heavy atom. The zero-order valence-corrected chi connectivity index (χ0v) is 16.2. The van der Waals surface area contributed by atoms with Crippen LogP contribution in [0.4, 0.5) is 10.8 Å². The lowest BCUT2D eigenvalue weighted by Crippen LogP contribution is -2.21. The number of halogens is 1. The molecule has 1 heterocycles. The normalized spacial score (nSPS) is 10.8. The first-order valence-electron chi connectivity index (χ1n) is 7.95. The van der Waals surface area contributed by atoms with E-state index in [1.165, 1.54) is 11.3 Å². The molecule has 0 fully saturated rings. The number of anilines is 2. The van der Waals surface area contributed by atoms with Crippen molar-refractivity contribution in [3.05, 3.63) is 46.0 Å². The molecule has 0 aliphatic rings. The van der Waals surface area contributed by atoms with Crippen LogP contribution in [0.2, 0.25) is 5.02 Å². The maximum atomic E-state index is 12.4. The van der Waals surface area contributed by atoms with E-state index in [0.717, 1.165) is 32.6 Å². The van der Waals surface area contributed by atoms with Gasteiger partial charge in [-0.3, -0.25) is 10.2 Å². The lowest BCUT2D eigenvalue weighted by molar-refractivity contribution is -0.118. The number of rotatable bonds is 5. The highest BCUT2D eigenvalue weighted by molar-refractivity contribution is 7.22. The van der Waals surface area contributed by atoms with E-state index < -0.39 is 0 Å². The van der Waals surface area contributed by atoms with Gasteiger partial charge < -0.3 is 10.1 Å². The minimum absolute atomic E-state index is 0.0856. The van der Waals surface area contributed by atoms with Crippen LogP contribution in [0, 0.1) is 20.8 Å². The molecule has 0 atom stereocenters. The van der Waals surface area contributed by atoms with Crippen molar-refractivity contribution in [1.29, 1.82) is 0 Å². The van der Waals surface area contributed by atoms with Gasteiger partial charge in [-0.25, -0.2) is 10.8 Å². The monoisotopic (exact) mass is 390 g/mol. The van der Waals surface area contributed by atoms with E-state index >= 15 is 0 Å². The Balaban J connectivity index is 1.76. The summed E-state index contributed by atoms with van der Waals surface area (Å²) in [5.74, 6) is 5.84. The van der Waals surface area contributed by atoms with Gasteiger partial charge in [-0.1, -0.05) is 22.9 Å². The number of hydrogen-bond donors (Lipinski definition) is 3. The number of aryl methyl sites for hydroxylation is 3. The molecule has 0 saturated heterocycles. The van der Waals surface area contributed by atoms with Crippen molar-refractivity contribution in [2.24, 2.45) is 5.84 Å². The second kappa shape index (κ2) is 7.49. The molecule has 0 radical (unpaired) electrons.